The molecular weight excluding hydrogens is 260 g/mol. The third kappa shape index (κ3) is 4.51. The van der Waals surface area contributed by atoms with Gasteiger partial charge in [0.1, 0.15) is 0 Å². The van der Waals surface area contributed by atoms with Crippen LogP contribution in [0, 0.1) is 0 Å². The fraction of sp³-hybridized carbons (Fsp3) is 0.571. The first-order valence-corrected chi connectivity index (χ1v) is 8.72. The van der Waals surface area contributed by atoms with Crippen molar-refractivity contribution in [3.05, 3.63) is 30.3 Å². The Morgan fingerprint density at radius 2 is 1.84 bits per heavy atom. The van der Waals surface area contributed by atoms with Crippen LogP contribution in [0.15, 0.2) is 30.3 Å². The van der Waals surface area contributed by atoms with E-state index in [1.165, 1.54) is 37.6 Å². The summed E-state index contributed by atoms with van der Waals surface area (Å²) in [5, 5.41) is 0. The number of sulfonamides is 1. The maximum atomic E-state index is 11.1. The van der Waals surface area contributed by atoms with Crippen molar-refractivity contribution in [1.82, 2.24) is 4.72 Å². The summed E-state index contributed by atoms with van der Waals surface area (Å²) in [7, 11) is -3.10. The zero-order valence-corrected chi connectivity index (χ0v) is 12.2. The first kappa shape index (κ1) is 14.3. The quantitative estimate of drug-likeness (QED) is 0.868. The Balaban J connectivity index is 2.02. The Morgan fingerprint density at radius 3 is 2.42 bits per heavy atom. The molecule has 1 saturated carbocycles. The average molecular weight is 282 g/mol. The molecule has 0 radical (unpaired) electrons. The van der Waals surface area contributed by atoms with E-state index in [1.807, 2.05) is 18.2 Å². The molecule has 0 unspecified atom stereocenters. The lowest BCUT2D eigenvalue weighted by Gasteiger charge is -2.31. The van der Waals surface area contributed by atoms with Crippen molar-refractivity contribution >= 4 is 15.7 Å². The molecule has 1 N–H and O–H groups in total. The Bertz CT molecular complexity index is 481. The minimum atomic E-state index is -3.10. The van der Waals surface area contributed by atoms with E-state index in [2.05, 4.69) is 21.8 Å². The number of hydrogen-bond acceptors (Lipinski definition) is 3. The second kappa shape index (κ2) is 6.39. The van der Waals surface area contributed by atoms with Crippen LogP contribution in [-0.4, -0.2) is 33.8 Å². The summed E-state index contributed by atoms with van der Waals surface area (Å²) in [5.41, 5.74) is 1.18. The van der Waals surface area contributed by atoms with Gasteiger partial charge in [-0.1, -0.05) is 31.0 Å². The fourth-order valence-electron chi connectivity index (χ4n) is 2.71. The molecular formula is C14H22N2O2S. The minimum absolute atomic E-state index is 0.463. The predicted molar refractivity (Wildman–Crippen MR) is 78.9 cm³/mol. The van der Waals surface area contributed by atoms with Crippen molar-refractivity contribution in [2.24, 2.45) is 0 Å². The number of nitrogens with zero attached hydrogens (tertiary/aromatic N) is 1. The molecule has 19 heavy (non-hydrogen) atoms. The Labute approximate surface area is 115 Å². The Morgan fingerprint density at radius 1 is 1.21 bits per heavy atom. The first-order valence-electron chi connectivity index (χ1n) is 6.82. The van der Waals surface area contributed by atoms with E-state index >= 15 is 0 Å². The lowest BCUT2D eigenvalue weighted by molar-refractivity contribution is 0.574. The average Bonchev–Trinajstić information content (AvgIpc) is 2.88. The van der Waals surface area contributed by atoms with Gasteiger partial charge in [0.2, 0.25) is 10.0 Å². The van der Waals surface area contributed by atoms with Gasteiger partial charge in [-0.2, -0.15) is 0 Å². The summed E-state index contributed by atoms with van der Waals surface area (Å²) in [4.78, 5) is 2.34. The highest BCUT2D eigenvalue weighted by Gasteiger charge is 2.22. The molecule has 4 nitrogen and oxygen atoms in total. The highest BCUT2D eigenvalue weighted by atomic mass is 32.2. The summed E-state index contributed by atoms with van der Waals surface area (Å²) in [6.07, 6.45) is 6.15. The number of rotatable bonds is 6. The van der Waals surface area contributed by atoms with Gasteiger partial charge in [-0.05, 0) is 25.0 Å². The van der Waals surface area contributed by atoms with Gasteiger partial charge < -0.3 is 4.90 Å². The topological polar surface area (TPSA) is 49.4 Å². The van der Waals surface area contributed by atoms with Crippen molar-refractivity contribution < 1.29 is 8.42 Å². The van der Waals surface area contributed by atoms with Gasteiger partial charge in [0.25, 0.3) is 0 Å². The van der Waals surface area contributed by atoms with Crippen LogP contribution in [0.1, 0.15) is 25.7 Å². The van der Waals surface area contributed by atoms with Gasteiger partial charge in [-0.15, -0.1) is 0 Å². The molecule has 5 heteroatoms. The summed E-state index contributed by atoms with van der Waals surface area (Å²) < 4.78 is 24.9. The van der Waals surface area contributed by atoms with Gasteiger partial charge in [0, 0.05) is 24.8 Å². The number of nitrogens with one attached hydrogen (secondary N) is 1. The van der Waals surface area contributed by atoms with E-state index in [9.17, 15) is 8.42 Å². The van der Waals surface area contributed by atoms with Crippen molar-refractivity contribution in [2.75, 3.05) is 24.2 Å². The Kier molecular flexibility index (Phi) is 4.82. The van der Waals surface area contributed by atoms with Crippen molar-refractivity contribution in [3.63, 3.8) is 0 Å². The second-order valence-electron chi connectivity index (χ2n) is 5.13. The van der Waals surface area contributed by atoms with Crippen LogP contribution in [0.2, 0.25) is 0 Å². The molecule has 1 fully saturated rings. The summed E-state index contributed by atoms with van der Waals surface area (Å²) in [6.45, 7) is 1.19. The molecule has 0 atom stereocenters. The minimum Gasteiger partial charge on any atom is -0.367 e. The van der Waals surface area contributed by atoms with Gasteiger partial charge in [-0.3, -0.25) is 0 Å². The van der Waals surface area contributed by atoms with Gasteiger partial charge >= 0.3 is 0 Å². The summed E-state index contributed by atoms with van der Waals surface area (Å²) in [6, 6.07) is 10.8. The van der Waals surface area contributed by atoms with Crippen LogP contribution in [0.25, 0.3) is 0 Å². The van der Waals surface area contributed by atoms with Crippen LogP contribution >= 0.6 is 0 Å². The van der Waals surface area contributed by atoms with Crippen LogP contribution < -0.4 is 9.62 Å². The van der Waals surface area contributed by atoms with Gasteiger partial charge in [-0.25, -0.2) is 13.1 Å². The highest BCUT2D eigenvalue weighted by molar-refractivity contribution is 7.88. The van der Waals surface area contributed by atoms with Gasteiger partial charge in [0.15, 0.2) is 0 Å². The molecule has 0 heterocycles. The molecule has 106 valence electrons. The van der Waals surface area contributed by atoms with E-state index in [-0.39, 0.29) is 0 Å². The third-order valence-corrected chi connectivity index (χ3v) is 4.30. The molecule has 1 aliphatic carbocycles. The standard InChI is InChI=1S/C14H22N2O2S/c1-19(17,18)15-11-12-16(14-9-5-6-10-14)13-7-3-2-4-8-13/h2-4,7-8,14-15H,5-6,9-12H2,1H3. The molecule has 1 aliphatic rings. The van der Waals surface area contributed by atoms with Crippen molar-refractivity contribution in [3.8, 4) is 0 Å². The monoisotopic (exact) mass is 282 g/mol. The smallest absolute Gasteiger partial charge is 0.208 e. The Hall–Kier alpha value is -1.07. The van der Waals surface area contributed by atoms with Crippen LogP contribution in [-0.2, 0) is 10.0 Å². The van der Waals surface area contributed by atoms with E-state index < -0.39 is 10.0 Å². The molecule has 0 amide bonds. The van der Waals surface area contributed by atoms with E-state index in [0.29, 0.717) is 12.6 Å². The zero-order valence-electron chi connectivity index (χ0n) is 11.4. The lowest BCUT2D eigenvalue weighted by Crippen LogP contribution is -2.39. The van der Waals surface area contributed by atoms with Crippen LogP contribution in [0.5, 0.6) is 0 Å². The maximum absolute atomic E-state index is 11.1. The molecule has 0 spiro atoms. The number of hydrogen-bond donors (Lipinski definition) is 1. The second-order valence-corrected chi connectivity index (χ2v) is 6.97. The van der Waals surface area contributed by atoms with Crippen molar-refractivity contribution in [1.29, 1.82) is 0 Å². The summed E-state index contributed by atoms with van der Waals surface area (Å²) >= 11 is 0. The van der Waals surface area contributed by atoms with E-state index in [4.69, 9.17) is 0 Å². The number of para-hydroxylation sites is 1. The normalized spacial score (nSPS) is 16.7. The first-order chi connectivity index (χ1) is 9.06. The zero-order chi connectivity index (χ0) is 13.7. The molecule has 0 bridgehead atoms. The maximum Gasteiger partial charge on any atom is 0.208 e. The molecule has 1 aromatic carbocycles. The lowest BCUT2D eigenvalue weighted by atomic mass is 10.1. The molecule has 2 rings (SSSR count). The molecule has 0 aromatic heterocycles. The predicted octanol–water partition coefficient (Wildman–Crippen LogP) is 1.98. The fourth-order valence-corrected chi connectivity index (χ4v) is 3.17. The number of benzene rings is 1. The molecule has 1 aromatic rings. The highest BCUT2D eigenvalue weighted by Crippen LogP contribution is 2.27. The van der Waals surface area contributed by atoms with Crippen LogP contribution in [0.4, 0.5) is 5.69 Å². The molecule has 0 saturated heterocycles. The van der Waals surface area contributed by atoms with E-state index in [0.717, 1.165) is 6.54 Å². The summed E-state index contributed by atoms with van der Waals surface area (Å²) in [5.74, 6) is 0. The van der Waals surface area contributed by atoms with Crippen LogP contribution in [0.3, 0.4) is 0 Å². The van der Waals surface area contributed by atoms with E-state index in [1.54, 1.807) is 0 Å². The number of anilines is 1. The largest absolute Gasteiger partial charge is 0.367 e. The van der Waals surface area contributed by atoms with Gasteiger partial charge in [0.05, 0.1) is 6.26 Å². The van der Waals surface area contributed by atoms with Crippen molar-refractivity contribution in [2.45, 2.75) is 31.7 Å². The SMILES string of the molecule is CS(=O)(=O)NCCN(c1ccccc1)C1CCCC1. The third-order valence-electron chi connectivity index (χ3n) is 3.57. The molecule has 0 aliphatic heterocycles.